The summed E-state index contributed by atoms with van der Waals surface area (Å²) in [4.78, 5) is 6.57. The Kier molecular flexibility index (Phi) is 9.10. The number of rotatable bonds is 7. The van der Waals surface area contributed by atoms with Crippen LogP contribution in [0.25, 0.3) is 22.3 Å². The Hall–Kier alpha value is -5.84. The van der Waals surface area contributed by atoms with Crippen LogP contribution in [-0.2, 0) is 5.41 Å². The number of anilines is 5. The zero-order valence-electron chi connectivity index (χ0n) is 33.0. The Morgan fingerprint density at radius 3 is 1.96 bits per heavy atom. The zero-order chi connectivity index (χ0) is 38.5. The van der Waals surface area contributed by atoms with Crippen molar-refractivity contribution < 1.29 is 0 Å². The van der Waals surface area contributed by atoms with E-state index in [0.717, 1.165) is 29.9 Å². The predicted octanol–water partition coefficient (Wildman–Crippen LogP) is 12.9. The third kappa shape index (κ3) is 6.47. The molecule has 1 aliphatic heterocycles. The average molecular weight is 755 g/mol. The molecule has 1 aromatic heterocycles. The molecule has 4 heteroatoms. The van der Waals surface area contributed by atoms with Gasteiger partial charge in [0.1, 0.15) is 0 Å². The smallest absolute Gasteiger partial charge is 0.259 e. The highest BCUT2D eigenvalue weighted by atomic mass is 32.1. The average Bonchev–Trinajstić information content (AvgIpc) is 3.73. The van der Waals surface area contributed by atoms with Crippen LogP contribution in [0, 0.1) is 0 Å². The summed E-state index contributed by atoms with van der Waals surface area (Å²) in [6.07, 6.45) is 11.6. The van der Waals surface area contributed by atoms with Crippen LogP contribution >= 0.6 is 11.3 Å². The molecule has 0 saturated carbocycles. The van der Waals surface area contributed by atoms with Crippen molar-refractivity contribution in [3.05, 3.63) is 192 Å². The number of hydrogen-bond donors (Lipinski definition) is 0. The molecule has 57 heavy (non-hydrogen) atoms. The number of thiophene rings is 1. The van der Waals surface area contributed by atoms with E-state index < -0.39 is 0 Å². The van der Waals surface area contributed by atoms with Crippen LogP contribution < -0.4 is 25.5 Å². The summed E-state index contributed by atoms with van der Waals surface area (Å²) in [7, 11) is 0. The van der Waals surface area contributed by atoms with Crippen molar-refractivity contribution in [2.24, 2.45) is 0 Å². The van der Waals surface area contributed by atoms with Crippen LogP contribution in [0.1, 0.15) is 62.8 Å². The summed E-state index contributed by atoms with van der Waals surface area (Å²) in [5.41, 5.74) is 16.4. The van der Waals surface area contributed by atoms with Crippen molar-refractivity contribution in [3.63, 3.8) is 0 Å². The summed E-state index contributed by atoms with van der Waals surface area (Å²) in [5, 5.41) is 0. The predicted molar refractivity (Wildman–Crippen MR) is 247 cm³/mol. The maximum Gasteiger partial charge on any atom is 0.259 e. The number of allylic oxidation sites excluding steroid dienone is 3. The van der Waals surface area contributed by atoms with Gasteiger partial charge in [-0.3, -0.25) is 0 Å². The van der Waals surface area contributed by atoms with Gasteiger partial charge in [0, 0.05) is 39.0 Å². The summed E-state index contributed by atoms with van der Waals surface area (Å²) in [6.45, 7) is 7.43. The first-order chi connectivity index (χ1) is 27.9. The van der Waals surface area contributed by atoms with Crippen molar-refractivity contribution in [1.29, 1.82) is 0 Å². The van der Waals surface area contributed by atoms with Gasteiger partial charge in [0.05, 0.1) is 0 Å². The molecule has 3 aliphatic rings. The molecule has 0 amide bonds. The molecule has 0 fully saturated rings. The first kappa shape index (κ1) is 35.6. The molecule has 2 nitrogen and oxygen atoms in total. The molecule has 278 valence electrons. The van der Waals surface area contributed by atoms with Gasteiger partial charge >= 0.3 is 0 Å². The molecule has 0 bridgehead atoms. The quantitative estimate of drug-likeness (QED) is 0.150. The zero-order valence-corrected chi connectivity index (χ0v) is 33.8. The van der Waals surface area contributed by atoms with E-state index in [0.29, 0.717) is 5.92 Å². The molecule has 0 N–H and O–H groups in total. The second-order valence-electron chi connectivity index (χ2n) is 16.6. The van der Waals surface area contributed by atoms with Gasteiger partial charge in [-0.2, -0.15) is 11.3 Å². The van der Waals surface area contributed by atoms with E-state index in [1.165, 1.54) is 67.9 Å². The largest absolute Gasteiger partial charge is 0.311 e. The van der Waals surface area contributed by atoms with Crippen LogP contribution in [-0.4, -0.2) is 6.71 Å². The number of para-hydroxylation sites is 1. The highest BCUT2D eigenvalue weighted by molar-refractivity contribution is 7.28. The van der Waals surface area contributed by atoms with Gasteiger partial charge in [-0.25, -0.2) is 0 Å². The lowest BCUT2D eigenvalue weighted by Crippen LogP contribution is -2.56. The molecular formula is C53H47BN2S. The molecule has 6 aromatic carbocycles. The van der Waals surface area contributed by atoms with Crippen molar-refractivity contribution in [1.82, 2.24) is 0 Å². The van der Waals surface area contributed by atoms with Gasteiger partial charge in [0.15, 0.2) is 0 Å². The molecule has 2 heterocycles. The van der Waals surface area contributed by atoms with E-state index in [9.17, 15) is 0 Å². The van der Waals surface area contributed by atoms with Gasteiger partial charge in [0.25, 0.3) is 6.71 Å². The van der Waals surface area contributed by atoms with Crippen molar-refractivity contribution in [2.45, 2.75) is 57.8 Å². The Morgan fingerprint density at radius 1 is 0.632 bits per heavy atom. The van der Waals surface area contributed by atoms with Crippen LogP contribution in [0.2, 0.25) is 0 Å². The van der Waals surface area contributed by atoms with E-state index in [4.69, 9.17) is 0 Å². The minimum Gasteiger partial charge on any atom is -0.311 e. The Labute approximate surface area is 342 Å². The monoisotopic (exact) mass is 754 g/mol. The van der Waals surface area contributed by atoms with E-state index >= 15 is 0 Å². The van der Waals surface area contributed by atoms with Crippen molar-refractivity contribution >= 4 is 62.2 Å². The first-order valence-corrected chi connectivity index (χ1v) is 21.4. The van der Waals surface area contributed by atoms with Gasteiger partial charge in [-0.15, -0.1) is 0 Å². The van der Waals surface area contributed by atoms with Crippen LogP contribution in [0.5, 0.6) is 0 Å². The normalized spacial score (nSPS) is 16.7. The van der Waals surface area contributed by atoms with Gasteiger partial charge in [0.2, 0.25) is 0 Å². The second-order valence-corrected chi connectivity index (χ2v) is 17.7. The molecule has 0 spiro atoms. The lowest BCUT2D eigenvalue weighted by Gasteiger charge is -2.38. The van der Waals surface area contributed by atoms with Crippen LogP contribution in [0.3, 0.4) is 0 Å². The number of benzene rings is 6. The minimum atomic E-state index is 0.0972. The highest BCUT2D eigenvalue weighted by Crippen LogP contribution is 2.46. The van der Waals surface area contributed by atoms with E-state index in [1.54, 1.807) is 10.4 Å². The molecule has 2 aliphatic carbocycles. The van der Waals surface area contributed by atoms with E-state index in [2.05, 4.69) is 218 Å². The summed E-state index contributed by atoms with van der Waals surface area (Å²) in [6, 6.07) is 58.7. The molecular weight excluding hydrogens is 707 g/mol. The Bertz CT molecular complexity index is 2640. The maximum absolute atomic E-state index is 2.59. The fourth-order valence-electron chi connectivity index (χ4n) is 9.33. The first-order valence-electron chi connectivity index (χ1n) is 20.6. The third-order valence-corrected chi connectivity index (χ3v) is 13.8. The van der Waals surface area contributed by atoms with E-state index in [1.807, 2.05) is 0 Å². The minimum absolute atomic E-state index is 0.0972. The molecule has 0 saturated heterocycles. The molecule has 1 unspecified atom stereocenters. The molecule has 10 rings (SSSR count). The summed E-state index contributed by atoms with van der Waals surface area (Å²) in [5.74, 6) is 0.575. The summed E-state index contributed by atoms with van der Waals surface area (Å²) >= 11 is 2.06. The number of hydrogen-bond acceptors (Lipinski definition) is 3. The molecule has 1 atom stereocenters. The van der Waals surface area contributed by atoms with E-state index in [-0.39, 0.29) is 12.1 Å². The topological polar surface area (TPSA) is 6.48 Å². The van der Waals surface area contributed by atoms with Gasteiger partial charge in [-0.05, 0) is 129 Å². The fourth-order valence-corrected chi connectivity index (χ4v) is 10.9. The van der Waals surface area contributed by atoms with Gasteiger partial charge in [-0.1, -0.05) is 148 Å². The van der Waals surface area contributed by atoms with Crippen LogP contribution in [0.15, 0.2) is 182 Å². The fraction of sp³-hybridized carbons (Fsp3) is 0.170. The molecule has 7 aromatic rings. The van der Waals surface area contributed by atoms with Crippen molar-refractivity contribution in [2.75, 3.05) is 9.80 Å². The highest BCUT2D eigenvalue weighted by Gasteiger charge is 2.40. The Balaban J connectivity index is 1.24. The third-order valence-electron chi connectivity index (χ3n) is 12.4. The maximum atomic E-state index is 2.59. The Morgan fingerprint density at radius 2 is 1.28 bits per heavy atom. The second kappa shape index (κ2) is 14.6. The summed E-state index contributed by atoms with van der Waals surface area (Å²) < 4.78 is 1.44. The lowest BCUT2D eigenvalue weighted by molar-refractivity contribution is 0.408. The van der Waals surface area contributed by atoms with Gasteiger partial charge < -0.3 is 9.80 Å². The number of nitrogens with zero attached hydrogens (tertiary/aromatic N) is 2. The SMILES string of the molecule is CC1CCC(C)(C)c2cc(B3c4ccc(-c5ccccc5)cc4N(c4cccc(-c5ccccc5)c4)c4cc(N(C5=CCCC=C5)c5ccccc5)ccc43)sc21. The number of fused-ring (bicyclic) bond motifs is 3. The lowest BCUT2D eigenvalue weighted by atomic mass is 9.37. The standard InChI is InChI=1S/C53H47BN2S/c1-37-31-32-53(2,3)46-36-51(57-52(37)46)54-47-29-27-41(39-19-10-5-11-20-39)34-49(47)56(44-26-16-21-40(33-44)38-17-8-4-9-18-38)50-35-45(28-30-48(50)54)55(42-22-12-6-13-23-42)43-24-14-7-15-25-43/h4-6,8-14,16-30,33-37H,7,15,31-32H2,1-3H3. The van der Waals surface area contributed by atoms with Crippen LogP contribution in [0.4, 0.5) is 28.4 Å². The van der Waals surface area contributed by atoms with Crippen molar-refractivity contribution in [3.8, 4) is 22.3 Å². The molecule has 0 radical (unpaired) electrons.